The number of amides is 1. The van der Waals surface area contributed by atoms with Crippen LogP contribution in [-0.4, -0.2) is 28.7 Å². The van der Waals surface area contributed by atoms with E-state index in [4.69, 9.17) is 0 Å². The van der Waals surface area contributed by atoms with E-state index in [-0.39, 0.29) is 5.13 Å². The van der Waals surface area contributed by atoms with Gasteiger partial charge >= 0.3 is 6.18 Å². The molecule has 2 aliphatic carbocycles. The van der Waals surface area contributed by atoms with E-state index in [0.717, 1.165) is 24.4 Å². The maximum absolute atomic E-state index is 12.5. The van der Waals surface area contributed by atoms with Crippen LogP contribution in [0.4, 0.5) is 18.3 Å². The van der Waals surface area contributed by atoms with E-state index in [0.29, 0.717) is 28.2 Å². The molecular weight excluding hydrogens is 373 g/mol. The highest BCUT2D eigenvalue weighted by atomic mass is 32.1. The molecule has 4 rings (SSSR count). The van der Waals surface area contributed by atoms with E-state index in [1.807, 2.05) is 11.4 Å². The molecule has 2 atom stereocenters. The number of hydrogen-bond donors (Lipinski definition) is 2. The van der Waals surface area contributed by atoms with Crippen molar-refractivity contribution in [3.63, 3.8) is 0 Å². The first-order chi connectivity index (χ1) is 11.9. The summed E-state index contributed by atoms with van der Waals surface area (Å²) in [6, 6.07) is 2.29. The molecule has 0 spiro atoms. The predicted octanol–water partition coefficient (Wildman–Crippen LogP) is 3.73. The summed E-state index contributed by atoms with van der Waals surface area (Å²) in [6.45, 7) is 1.07. The summed E-state index contributed by atoms with van der Waals surface area (Å²) in [4.78, 5) is 12.6. The SMILES string of the molecule is O=C(Nc1nnc(C(F)(F)F)s1)c1cc(C2CC2NCC2CC2)cs1. The number of anilines is 1. The predicted molar refractivity (Wildman–Crippen MR) is 89.1 cm³/mol. The van der Waals surface area contributed by atoms with Crippen LogP contribution in [0.2, 0.25) is 0 Å². The lowest BCUT2D eigenvalue weighted by Gasteiger charge is -2.01. The van der Waals surface area contributed by atoms with Crippen LogP contribution in [0.3, 0.4) is 0 Å². The molecule has 2 fully saturated rings. The summed E-state index contributed by atoms with van der Waals surface area (Å²) in [6.07, 6.45) is -0.856. The largest absolute Gasteiger partial charge is 0.445 e. The van der Waals surface area contributed by atoms with Gasteiger partial charge in [0.15, 0.2) is 0 Å². The topological polar surface area (TPSA) is 66.9 Å². The minimum Gasteiger partial charge on any atom is -0.313 e. The molecule has 2 aromatic rings. The minimum atomic E-state index is -4.55. The number of nitrogens with zero attached hydrogens (tertiary/aromatic N) is 2. The molecule has 2 aromatic heterocycles. The van der Waals surface area contributed by atoms with Crippen molar-refractivity contribution in [2.75, 3.05) is 11.9 Å². The molecule has 2 aliphatic rings. The van der Waals surface area contributed by atoms with Crippen molar-refractivity contribution >= 4 is 33.7 Å². The first-order valence-electron chi connectivity index (χ1n) is 7.94. The third-order valence-corrected chi connectivity index (χ3v) is 6.15. The molecule has 2 heterocycles. The smallest absolute Gasteiger partial charge is 0.313 e. The van der Waals surface area contributed by atoms with Crippen LogP contribution in [-0.2, 0) is 6.18 Å². The van der Waals surface area contributed by atoms with E-state index < -0.39 is 17.1 Å². The third kappa shape index (κ3) is 4.01. The molecule has 1 amide bonds. The maximum Gasteiger partial charge on any atom is 0.445 e. The number of halogens is 3. The summed E-state index contributed by atoms with van der Waals surface area (Å²) < 4.78 is 37.5. The van der Waals surface area contributed by atoms with Gasteiger partial charge in [0.1, 0.15) is 0 Å². The molecule has 25 heavy (non-hydrogen) atoms. The summed E-state index contributed by atoms with van der Waals surface area (Å²) in [5, 5.41) is 13.1. The monoisotopic (exact) mass is 388 g/mol. The fourth-order valence-corrected chi connectivity index (χ4v) is 4.11. The molecule has 0 bridgehead atoms. The molecule has 0 aromatic carbocycles. The Bertz CT molecular complexity index is 784. The number of aromatic nitrogens is 2. The summed E-state index contributed by atoms with van der Waals surface area (Å²) in [5.74, 6) is 0.803. The van der Waals surface area contributed by atoms with Crippen molar-refractivity contribution in [1.82, 2.24) is 15.5 Å². The second kappa shape index (κ2) is 6.33. The van der Waals surface area contributed by atoms with Crippen molar-refractivity contribution < 1.29 is 18.0 Å². The zero-order valence-electron chi connectivity index (χ0n) is 13.0. The van der Waals surface area contributed by atoms with Crippen LogP contribution in [0.1, 0.15) is 45.4 Å². The Hall–Kier alpha value is -1.52. The molecule has 2 N–H and O–H groups in total. The average Bonchev–Trinajstić information content (AvgIpc) is 3.42. The van der Waals surface area contributed by atoms with Crippen LogP contribution in [0, 0.1) is 5.92 Å². The van der Waals surface area contributed by atoms with Gasteiger partial charge in [0.25, 0.3) is 5.91 Å². The molecule has 2 unspecified atom stereocenters. The summed E-state index contributed by atoms with van der Waals surface area (Å²) in [5.41, 5.74) is 1.11. The second-order valence-electron chi connectivity index (χ2n) is 6.41. The number of alkyl halides is 3. The van der Waals surface area contributed by atoms with Gasteiger partial charge in [-0.1, -0.05) is 11.3 Å². The molecule has 0 radical (unpaired) electrons. The highest BCUT2D eigenvalue weighted by Crippen LogP contribution is 2.43. The lowest BCUT2D eigenvalue weighted by Crippen LogP contribution is -2.20. The van der Waals surface area contributed by atoms with Gasteiger partial charge in [-0.05, 0) is 48.7 Å². The zero-order valence-corrected chi connectivity index (χ0v) is 14.6. The first kappa shape index (κ1) is 16.9. The highest BCUT2D eigenvalue weighted by molar-refractivity contribution is 7.15. The Balaban J connectivity index is 1.33. The minimum absolute atomic E-state index is 0.150. The van der Waals surface area contributed by atoms with E-state index in [2.05, 4.69) is 20.8 Å². The van der Waals surface area contributed by atoms with E-state index in [1.54, 1.807) is 0 Å². The van der Waals surface area contributed by atoms with Gasteiger partial charge in [0, 0.05) is 12.0 Å². The Morgan fingerprint density at radius 2 is 2.12 bits per heavy atom. The first-order valence-corrected chi connectivity index (χ1v) is 9.63. The number of carbonyl (C=O) groups is 1. The standard InChI is InChI=1S/C15H15F3N4OS2/c16-15(17,18)13-21-22-14(25-13)20-12(23)11-3-8(6-24-11)9-4-10(9)19-5-7-1-2-7/h3,6-7,9-10,19H,1-2,4-5H2,(H,20,22,23). The van der Waals surface area contributed by atoms with Gasteiger partial charge < -0.3 is 5.32 Å². The quantitative estimate of drug-likeness (QED) is 0.791. The normalized spacial score (nSPS) is 22.8. The molecule has 5 nitrogen and oxygen atoms in total. The van der Waals surface area contributed by atoms with Crippen LogP contribution in [0.15, 0.2) is 11.4 Å². The van der Waals surface area contributed by atoms with Crippen molar-refractivity contribution in [1.29, 1.82) is 0 Å². The number of hydrogen-bond acceptors (Lipinski definition) is 6. The lowest BCUT2D eigenvalue weighted by atomic mass is 10.2. The zero-order chi connectivity index (χ0) is 17.6. The Morgan fingerprint density at radius 3 is 2.80 bits per heavy atom. The fraction of sp³-hybridized carbons (Fsp3) is 0.533. The number of rotatable bonds is 6. The van der Waals surface area contributed by atoms with Gasteiger partial charge in [-0.25, -0.2) is 0 Å². The second-order valence-corrected chi connectivity index (χ2v) is 8.30. The van der Waals surface area contributed by atoms with Gasteiger partial charge in [-0.3, -0.25) is 10.1 Å². The molecule has 134 valence electrons. The van der Waals surface area contributed by atoms with Crippen LogP contribution in [0.5, 0.6) is 0 Å². The van der Waals surface area contributed by atoms with Crippen LogP contribution >= 0.6 is 22.7 Å². The third-order valence-electron chi connectivity index (χ3n) is 4.32. The van der Waals surface area contributed by atoms with E-state index in [1.165, 1.54) is 24.2 Å². The molecule has 2 saturated carbocycles. The Labute approximate surface area is 149 Å². The van der Waals surface area contributed by atoms with Gasteiger partial charge in [-0.2, -0.15) is 13.2 Å². The molecule has 10 heteroatoms. The lowest BCUT2D eigenvalue weighted by molar-refractivity contribution is -0.138. The van der Waals surface area contributed by atoms with Crippen molar-refractivity contribution in [3.05, 3.63) is 26.9 Å². The average molecular weight is 388 g/mol. The number of nitrogens with one attached hydrogen (secondary N) is 2. The summed E-state index contributed by atoms with van der Waals surface area (Å²) >= 11 is 1.61. The Morgan fingerprint density at radius 1 is 1.32 bits per heavy atom. The fourth-order valence-electron chi connectivity index (χ4n) is 2.64. The van der Waals surface area contributed by atoms with Crippen molar-refractivity contribution in [2.45, 2.75) is 37.4 Å². The van der Waals surface area contributed by atoms with Gasteiger partial charge in [0.2, 0.25) is 10.1 Å². The van der Waals surface area contributed by atoms with Crippen LogP contribution < -0.4 is 10.6 Å². The van der Waals surface area contributed by atoms with Crippen molar-refractivity contribution in [3.8, 4) is 0 Å². The van der Waals surface area contributed by atoms with E-state index in [9.17, 15) is 18.0 Å². The highest BCUT2D eigenvalue weighted by Gasteiger charge is 2.40. The van der Waals surface area contributed by atoms with Gasteiger partial charge in [0.05, 0.1) is 4.88 Å². The molecule has 0 saturated heterocycles. The summed E-state index contributed by atoms with van der Waals surface area (Å²) in [7, 11) is 0. The maximum atomic E-state index is 12.5. The number of carbonyl (C=O) groups excluding carboxylic acids is 1. The molecular formula is C15H15F3N4OS2. The van der Waals surface area contributed by atoms with Crippen molar-refractivity contribution in [2.24, 2.45) is 5.92 Å². The number of thiophene rings is 1. The van der Waals surface area contributed by atoms with E-state index >= 15 is 0 Å². The molecule has 0 aliphatic heterocycles. The Kier molecular flexibility index (Phi) is 4.28. The van der Waals surface area contributed by atoms with Crippen LogP contribution in [0.25, 0.3) is 0 Å². The van der Waals surface area contributed by atoms with Gasteiger partial charge in [-0.15, -0.1) is 21.5 Å².